The first-order valence-corrected chi connectivity index (χ1v) is 41.9. The van der Waals surface area contributed by atoms with Crippen LogP contribution >= 0.6 is 0 Å². The van der Waals surface area contributed by atoms with E-state index in [0.717, 1.165) is 45.5 Å². The molecule has 572 valence electrons. The normalized spacial score (nSPS) is 11.4. The van der Waals surface area contributed by atoms with Crippen LogP contribution in [0.15, 0.2) is 485 Å². The van der Waals surface area contributed by atoms with Gasteiger partial charge >= 0.3 is 0 Å². The summed E-state index contributed by atoms with van der Waals surface area (Å²) in [7, 11) is 0. The number of benzene rings is 21. The van der Waals surface area contributed by atoms with Crippen LogP contribution in [0.4, 0.5) is 34.1 Å². The van der Waals surface area contributed by atoms with Crippen molar-refractivity contribution in [3.63, 3.8) is 0 Å². The number of hydrogen-bond acceptors (Lipinski definition) is 2. The predicted octanol–water partition coefficient (Wildman–Crippen LogP) is 32.8. The second-order valence-electron chi connectivity index (χ2n) is 31.5. The average molecular weight is 1550 g/mol. The van der Waals surface area contributed by atoms with Crippen LogP contribution in [-0.2, 0) is 0 Å². The lowest BCUT2D eigenvalue weighted by Crippen LogP contribution is -2.10. The summed E-state index contributed by atoms with van der Waals surface area (Å²) in [5.74, 6) is 0. The average Bonchev–Trinajstić information content (AvgIpc) is 1.63. The summed E-state index contributed by atoms with van der Waals surface area (Å²) >= 11 is 0. The lowest BCUT2D eigenvalue weighted by molar-refractivity contribution is 1.18. The van der Waals surface area contributed by atoms with E-state index in [2.05, 4.69) is 504 Å². The summed E-state index contributed by atoms with van der Waals surface area (Å²) in [6, 6.07) is 176. The highest BCUT2D eigenvalue weighted by Crippen LogP contribution is 2.47. The first kappa shape index (κ1) is 72.3. The van der Waals surface area contributed by atoms with Gasteiger partial charge in [0.2, 0.25) is 0 Å². The van der Waals surface area contributed by atoms with Crippen molar-refractivity contribution >= 4 is 121 Å². The molecule has 2 heterocycles. The maximum Gasteiger partial charge on any atom is 0.0546 e. The molecule has 0 unspecified atom stereocenters. The van der Waals surface area contributed by atoms with Gasteiger partial charge in [0.15, 0.2) is 0 Å². The molecule has 4 nitrogen and oxygen atoms in total. The summed E-state index contributed by atoms with van der Waals surface area (Å²) in [6.07, 6.45) is 0. The van der Waals surface area contributed by atoms with E-state index < -0.39 is 0 Å². The van der Waals surface area contributed by atoms with Crippen molar-refractivity contribution in [2.75, 3.05) is 9.80 Å². The van der Waals surface area contributed by atoms with E-state index in [1.54, 1.807) is 0 Å². The molecule has 0 atom stereocenters. The summed E-state index contributed by atoms with van der Waals surface area (Å²) < 4.78 is 4.78. The molecule has 0 fully saturated rings. The van der Waals surface area contributed by atoms with E-state index in [-0.39, 0.29) is 0 Å². The van der Waals surface area contributed by atoms with Gasteiger partial charge in [0.05, 0.1) is 33.4 Å². The van der Waals surface area contributed by atoms with Gasteiger partial charge in [-0.25, -0.2) is 0 Å². The Bertz CT molecular complexity index is 7780. The molecule has 0 aliphatic heterocycles. The van der Waals surface area contributed by atoms with Crippen LogP contribution in [0, 0.1) is 0 Å². The molecule has 0 spiro atoms. The molecule has 0 aliphatic rings. The van der Waals surface area contributed by atoms with Crippen molar-refractivity contribution in [2.24, 2.45) is 0 Å². The van der Waals surface area contributed by atoms with E-state index in [4.69, 9.17) is 0 Å². The second kappa shape index (κ2) is 31.4. The van der Waals surface area contributed by atoms with Gasteiger partial charge < -0.3 is 18.9 Å². The Morgan fingerprint density at radius 2 is 0.369 bits per heavy atom. The summed E-state index contributed by atoms with van der Waals surface area (Å²) in [5.41, 5.74) is 30.6. The largest absolute Gasteiger partial charge is 0.310 e. The fourth-order valence-corrected chi connectivity index (χ4v) is 18.4. The molecule has 0 amide bonds. The van der Waals surface area contributed by atoms with Crippen LogP contribution in [-0.4, -0.2) is 9.13 Å². The van der Waals surface area contributed by atoms with E-state index in [9.17, 15) is 0 Å². The zero-order valence-corrected chi connectivity index (χ0v) is 67.0. The third-order valence-corrected chi connectivity index (χ3v) is 24.4. The van der Waals surface area contributed by atoms with E-state index in [1.165, 1.54) is 165 Å². The molecule has 0 saturated carbocycles. The van der Waals surface area contributed by atoms with Gasteiger partial charge in [-0.05, 0) is 232 Å². The predicted molar refractivity (Wildman–Crippen MR) is 519 cm³/mol. The molecule has 0 aliphatic carbocycles. The number of fused-ring (bicyclic) bond motifs is 12. The van der Waals surface area contributed by atoms with Crippen molar-refractivity contribution in [1.29, 1.82) is 0 Å². The molecule has 122 heavy (non-hydrogen) atoms. The number of rotatable bonds is 15. The fourth-order valence-electron chi connectivity index (χ4n) is 18.4. The SMILES string of the molecule is c1ccc(-c2ccc(-c3ccc(N(c4ccc(-c5ccc6c(c5)c5ccccc5n6-c5ccc(-c6ccccc6)cc5)cc4)c4cccc5ccc6ccccc6c45)cc3)cc2)cc1.c1ccc(-c2ccc(N(c3ccc(-c4ccc5c(c4)c4ccccc4n5-c4ccc(-c5ccccc5)cc4)cc3)c3cccc4ccc5ccccc5c34)cc2)cc1. The molecule has 4 heteroatoms. The van der Waals surface area contributed by atoms with Crippen molar-refractivity contribution in [2.45, 2.75) is 0 Å². The molecule has 2 aromatic heterocycles. The number of aromatic nitrogens is 2. The minimum atomic E-state index is 1.10. The zero-order valence-electron chi connectivity index (χ0n) is 67.0. The van der Waals surface area contributed by atoms with Crippen molar-refractivity contribution < 1.29 is 0 Å². The van der Waals surface area contributed by atoms with Crippen LogP contribution < -0.4 is 9.80 Å². The van der Waals surface area contributed by atoms with Gasteiger partial charge in [-0.2, -0.15) is 0 Å². The van der Waals surface area contributed by atoms with Crippen molar-refractivity contribution in [3.05, 3.63) is 485 Å². The van der Waals surface area contributed by atoms with Crippen LogP contribution in [0.1, 0.15) is 0 Å². The molecule has 0 N–H and O–H groups in total. The lowest BCUT2D eigenvalue weighted by Gasteiger charge is -2.28. The molecule has 21 aromatic carbocycles. The summed E-state index contributed by atoms with van der Waals surface area (Å²) in [6.45, 7) is 0. The Morgan fingerprint density at radius 3 is 0.697 bits per heavy atom. The highest BCUT2D eigenvalue weighted by Gasteiger charge is 2.23. The van der Waals surface area contributed by atoms with Gasteiger partial charge in [0.1, 0.15) is 0 Å². The van der Waals surface area contributed by atoms with Gasteiger partial charge in [-0.15, -0.1) is 0 Å². The highest BCUT2D eigenvalue weighted by molar-refractivity contribution is 6.18. The number of para-hydroxylation sites is 2. The Kier molecular flexibility index (Phi) is 18.6. The van der Waals surface area contributed by atoms with Gasteiger partial charge in [0, 0.05) is 66.4 Å². The Labute approximate surface area is 709 Å². The first-order chi connectivity index (χ1) is 60.5. The van der Waals surface area contributed by atoms with E-state index in [1.807, 2.05) is 0 Å². The minimum absolute atomic E-state index is 1.10. The van der Waals surface area contributed by atoms with Crippen molar-refractivity contribution in [3.8, 4) is 89.3 Å². The number of nitrogens with zero attached hydrogens (tertiary/aromatic N) is 4. The Hall–Kier alpha value is -16.1. The smallest absolute Gasteiger partial charge is 0.0546 e. The van der Waals surface area contributed by atoms with Gasteiger partial charge in [-0.1, -0.05) is 364 Å². The molecule has 0 radical (unpaired) electrons. The summed E-state index contributed by atoms with van der Waals surface area (Å²) in [5, 5.41) is 14.8. The van der Waals surface area contributed by atoms with Crippen LogP contribution in [0.3, 0.4) is 0 Å². The molecule has 0 saturated heterocycles. The maximum atomic E-state index is 2.42. The second-order valence-corrected chi connectivity index (χ2v) is 31.5. The molecule has 0 bridgehead atoms. The Morgan fingerprint density at radius 1 is 0.139 bits per heavy atom. The molecule has 23 aromatic rings. The van der Waals surface area contributed by atoms with Crippen LogP contribution in [0.5, 0.6) is 0 Å². The monoisotopic (exact) mass is 1550 g/mol. The van der Waals surface area contributed by atoms with Crippen molar-refractivity contribution in [1.82, 2.24) is 9.13 Å². The third kappa shape index (κ3) is 13.4. The molecular formula is C118H80N4. The van der Waals surface area contributed by atoms with Gasteiger partial charge in [0.25, 0.3) is 0 Å². The van der Waals surface area contributed by atoms with Crippen LogP contribution in [0.2, 0.25) is 0 Å². The minimum Gasteiger partial charge on any atom is -0.310 e. The van der Waals surface area contributed by atoms with Crippen LogP contribution in [0.25, 0.3) is 176 Å². The van der Waals surface area contributed by atoms with Gasteiger partial charge in [-0.3, -0.25) is 0 Å². The number of anilines is 6. The fraction of sp³-hybridized carbons (Fsp3) is 0. The molecular weight excluding hydrogens is 1470 g/mol. The highest BCUT2D eigenvalue weighted by atomic mass is 15.1. The number of hydrogen-bond donors (Lipinski definition) is 0. The first-order valence-electron chi connectivity index (χ1n) is 41.9. The van der Waals surface area contributed by atoms with E-state index >= 15 is 0 Å². The molecule has 23 rings (SSSR count). The summed E-state index contributed by atoms with van der Waals surface area (Å²) in [4.78, 5) is 4.83. The zero-order chi connectivity index (χ0) is 80.8. The van der Waals surface area contributed by atoms with E-state index in [0.29, 0.717) is 0 Å². The quantitative estimate of drug-likeness (QED) is 0.0951. The standard InChI is InChI=1S/C62H42N2.C56H38N2/c1-3-12-43(13-4-1)45-22-24-46(25-23-45)48-28-35-53(36-29-48)63(61-21-11-17-51-27-26-50-16-7-8-18-56(50)62(51)61)54-37-32-49(33-38-54)52-34-41-60-58(42-52)57-19-9-10-20-59(57)64(60)55-39-30-47(31-40-55)44-14-5-2-6-15-44;1-3-12-39(13-4-1)41-24-31-47(32-25-41)57(55-21-11-17-45-23-22-44-16-7-8-18-50(44)56(45)55)48-33-28-43(29-34-48)46-30-37-54-52(38-46)51-19-9-10-20-53(51)58(54)49-35-26-42(27-36-49)40-14-5-2-6-15-40/h1-42H;1-38H. The lowest BCUT2D eigenvalue weighted by atomic mass is 9.98. The maximum absolute atomic E-state index is 2.42. The Balaban J connectivity index is 0.000000146. The third-order valence-electron chi connectivity index (χ3n) is 24.4. The topological polar surface area (TPSA) is 16.3 Å².